The zero-order valence-electron chi connectivity index (χ0n) is 25.3. The maximum atomic E-state index is 14.3. The Kier molecular flexibility index (Phi) is 9.90. The zero-order chi connectivity index (χ0) is 30.8. The lowest BCUT2D eigenvalue weighted by molar-refractivity contribution is -0.0605. The van der Waals surface area contributed by atoms with E-state index in [1.54, 1.807) is 11.8 Å². The molecule has 3 N–H and O–H groups in total. The van der Waals surface area contributed by atoms with E-state index in [2.05, 4.69) is 42.2 Å². The third-order valence-corrected chi connectivity index (χ3v) is 10.1. The SMILES string of the molecule is CSC1C[C@H](O)CC(c2ccc(C)c(Cc3ccc(OC4CCN(C5COC(c6cc(F)ccc6F)C(N)C5)C4)cc3)c2)O1. The minimum Gasteiger partial charge on any atom is -0.489 e. The topological polar surface area (TPSA) is 77.2 Å². The number of aliphatic hydroxyl groups excluding tert-OH is 1. The molecule has 0 spiro atoms. The van der Waals surface area contributed by atoms with Crippen LogP contribution < -0.4 is 10.5 Å². The smallest absolute Gasteiger partial charge is 0.129 e. The molecule has 3 aliphatic rings. The van der Waals surface area contributed by atoms with Gasteiger partial charge in [0.05, 0.1) is 18.8 Å². The number of aliphatic hydroxyl groups is 1. The molecule has 0 bridgehead atoms. The van der Waals surface area contributed by atoms with E-state index < -0.39 is 23.8 Å². The highest BCUT2D eigenvalue weighted by Crippen LogP contribution is 2.36. The van der Waals surface area contributed by atoms with E-state index >= 15 is 0 Å². The van der Waals surface area contributed by atoms with Crippen molar-refractivity contribution in [2.24, 2.45) is 5.73 Å². The fourth-order valence-electron chi connectivity index (χ4n) is 6.74. The van der Waals surface area contributed by atoms with E-state index in [4.69, 9.17) is 19.9 Å². The quantitative estimate of drug-likeness (QED) is 0.315. The van der Waals surface area contributed by atoms with Crippen LogP contribution in [0.15, 0.2) is 60.7 Å². The first kappa shape index (κ1) is 31.5. The van der Waals surface area contributed by atoms with Gasteiger partial charge in [0.25, 0.3) is 0 Å². The Morgan fingerprint density at radius 2 is 1.86 bits per heavy atom. The summed E-state index contributed by atoms with van der Waals surface area (Å²) in [4.78, 5) is 2.34. The Balaban J connectivity index is 1.02. The van der Waals surface area contributed by atoms with Gasteiger partial charge < -0.3 is 25.1 Å². The molecule has 3 heterocycles. The summed E-state index contributed by atoms with van der Waals surface area (Å²) in [5, 5.41) is 10.3. The van der Waals surface area contributed by atoms with Crippen LogP contribution in [0.3, 0.4) is 0 Å². The third kappa shape index (κ3) is 7.30. The molecule has 3 fully saturated rings. The lowest BCUT2D eigenvalue weighted by Crippen LogP contribution is -2.49. The van der Waals surface area contributed by atoms with E-state index in [1.165, 1.54) is 22.8 Å². The molecule has 0 saturated carbocycles. The largest absolute Gasteiger partial charge is 0.489 e. The number of hydrogen-bond donors (Lipinski definition) is 2. The Labute approximate surface area is 262 Å². The fourth-order valence-corrected chi connectivity index (χ4v) is 7.40. The summed E-state index contributed by atoms with van der Waals surface area (Å²) in [5.41, 5.74) is 11.4. The first-order valence-electron chi connectivity index (χ1n) is 15.5. The molecule has 0 radical (unpaired) electrons. The second kappa shape index (κ2) is 13.8. The number of aryl methyl sites for hydroxylation is 1. The number of nitrogens with two attached hydrogens (primary N) is 1. The first-order chi connectivity index (χ1) is 21.2. The molecule has 6 nitrogen and oxygen atoms in total. The van der Waals surface area contributed by atoms with Gasteiger partial charge in [0, 0.05) is 43.6 Å². The summed E-state index contributed by atoms with van der Waals surface area (Å²) in [6.07, 6.45) is 4.65. The molecule has 0 aliphatic carbocycles. The van der Waals surface area contributed by atoms with Gasteiger partial charge in [-0.3, -0.25) is 4.90 Å². The first-order valence-corrected chi connectivity index (χ1v) is 16.8. The van der Waals surface area contributed by atoms with Gasteiger partial charge in [-0.05, 0) is 85.0 Å². The van der Waals surface area contributed by atoms with Gasteiger partial charge in [-0.25, -0.2) is 8.78 Å². The number of rotatable bonds is 8. The summed E-state index contributed by atoms with van der Waals surface area (Å²) >= 11 is 1.65. The van der Waals surface area contributed by atoms with Gasteiger partial charge in [0.2, 0.25) is 0 Å². The van der Waals surface area contributed by atoms with Crippen LogP contribution in [0.5, 0.6) is 5.75 Å². The van der Waals surface area contributed by atoms with Crippen LogP contribution in [0.25, 0.3) is 0 Å². The van der Waals surface area contributed by atoms with Crippen LogP contribution >= 0.6 is 11.8 Å². The Hall–Kier alpha value is -2.53. The van der Waals surface area contributed by atoms with Crippen molar-refractivity contribution in [1.82, 2.24) is 4.90 Å². The maximum absolute atomic E-state index is 14.3. The molecule has 0 aromatic heterocycles. The van der Waals surface area contributed by atoms with E-state index in [-0.39, 0.29) is 35.4 Å². The zero-order valence-corrected chi connectivity index (χ0v) is 26.1. The summed E-state index contributed by atoms with van der Waals surface area (Å²) in [6.45, 7) is 4.19. The van der Waals surface area contributed by atoms with Crippen LogP contribution in [-0.4, -0.2) is 65.7 Å². The number of halogens is 2. The van der Waals surface area contributed by atoms with Crippen LogP contribution in [-0.2, 0) is 15.9 Å². The van der Waals surface area contributed by atoms with Crippen molar-refractivity contribution in [1.29, 1.82) is 0 Å². The van der Waals surface area contributed by atoms with E-state index in [0.29, 0.717) is 25.9 Å². The summed E-state index contributed by atoms with van der Waals surface area (Å²) in [6, 6.07) is 17.9. The van der Waals surface area contributed by atoms with Gasteiger partial charge in [-0.2, -0.15) is 0 Å². The predicted molar refractivity (Wildman–Crippen MR) is 169 cm³/mol. The number of benzene rings is 3. The average Bonchev–Trinajstić information content (AvgIpc) is 3.48. The normalized spacial score (nSPS) is 29.5. The lowest BCUT2D eigenvalue weighted by Gasteiger charge is -2.38. The number of hydrogen-bond acceptors (Lipinski definition) is 7. The van der Waals surface area contributed by atoms with Gasteiger partial charge in [-0.15, -0.1) is 11.8 Å². The van der Waals surface area contributed by atoms with Gasteiger partial charge in [0.15, 0.2) is 0 Å². The monoisotopic (exact) mass is 624 g/mol. The van der Waals surface area contributed by atoms with Crippen molar-refractivity contribution in [3.05, 3.63) is 100 Å². The summed E-state index contributed by atoms with van der Waals surface area (Å²) < 4.78 is 46.6. The molecule has 236 valence electrons. The minimum atomic E-state index is -0.651. The minimum absolute atomic E-state index is 0.0200. The standard InChI is InChI=1S/C35H42F2N2O4S/c1-21-3-6-23(33-17-27(40)18-34(43-33)44-2)14-24(21)13-22-4-8-28(9-5-22)42-29-11-12-39(19-29)26-16-32(38)35(41-20-26)30-15-25(36)7-10-31(30)37/h3-10,14-15,26-27,29,32-35,40H,11-13,16-20,38H2,1-2H3/t26?,27-,29?,32?,33?,34?,35?/m1/s1. The van der Waals surface area contributed by atoms with Crippen LogP contribution in [0.4, 0.5) is 8.78 Å². The van der Waals surface area contributed by atoms with E-state index in [0.717, 1.165) is 49.4 Å². The Morgan fingerprint density at radius 1 is 1.05 bits per heavy atom. The molecule has 6 unspecified atom stereocenters. The van der Waals surface area contributed by atoms with Crippen molar-refractivity contribution in [3.63, 3.8) is 0 Å². The molecule has 6 rings (SSSR count). The van der Waals surface area contributed by atoms with Gasteiger partial charge in [0.1, 0.15) is 35.0 Å². The number of thioether (sulfide) groups is 1. The van der Waals surface area contributed by atoms with Crippen molar-refractivity contribution in [2.75, 3.05) is 26.0 Å². The van der Waals surface area contributed by atoms with Gasteiger partial charge >= 0.3 is 0 Å². The molecule has 3 aromatic carbocycles. The van der Waals surface area contributed by atoms with Crippen molar-refractivity contribution in [3.8, 4) is 5.75 Å². The highest BCUT2D eigenvalue weighted by atomic mass is 32.2. The maximum Gasteiger partial charge on any atom is 0.129 e. The van der Waals surface area contributed by atoms with Crippen molar-refractivity contribution >= 4 is 11.8 Å². The summed E-state index contributed by atoms with van der Waals surface area (Å²) in [5.74, 6) is -0.141. The number of ether oxygens (including phenoxy) is 3. The molecule has 3 aliphatic heterocycles. The molecule has 3 aromatic rings. The molecular formula is C35H42F2N2O4S. The van der Waals surface area contributed by atoms with E-state index in [1.807, 2.05) is 18.4 Å². The van der Waals surface area contributed by atoms with Crippen LogP contribution in [0, 0.1) is 18.6 Å². The van der Waals surface area contributed by atoms with Crippen molar-refractivity contribution < 1.29 is 28.1 Å². The average molecular weight is 625 g/mol. The molecular weight excluding hydrogens is 582 g/mol. The van der Waals surface area contributed by atoms with Crippen molar-refractivity contribution in [2.45, 2.75) is 81.0 Å². The lowest BCUT2D eigenvalue weighted by atomic mass is 9.93. The third-order valence-electron chi connectivity index (χ3n) is 9.25. The van der Waals surface area contributed by atoms with Crippen LogP contribution in [0.1, 0.15) is 65.7 Å². The molecule has 9 heteroatoms. The second-order valence-corrected chi connectivity index (χ2v) is 13.4. The van der Waals surface area contributed by atoms with Gasteiger partial charge in [-0.1, -0.05) is 30.3 Å². The highest BCUT2D eigenvalue weighted by molar-refractivity contribution is 7.99. The van der Waals surface area contributed by atoms with E-state index in [9.17, 15) is 13.9 Å². The number of likely N-dealkylation sites (tertiary alicyclic amines) is 1. The predicted octanol–water partition coefficient (Wildman–Crippen LogP) is 6.08. The highest BCUT2D eigenvalue weighted by Gasteiger charge is 2.37. The summed E-state index contributed by atoms with van der Waals surface area (Å²) in [7, 11) is 0. The Morgan fingerprint density at radius 3 is 2.64 bits per heavy atom. The molecule has 44 heavy (non-hydrogen) atoms. The number of nitrogens with zero attached hydrogens (tertiary/aromatic N) is 1. The Bertz CT molecular complexity index is 1430. The second-order valence-electron chi connectivity index (χ2n) is 12.4. The molecule has 0 amide bonds. The fraction of sp³-hybridized carbons (Fsp3) is 0.486. The molecule has 7 atom stereocenters. The van der Waals surface area contributed by atoms with Crippen LogP contribution in [0.2, 0.25) is 0 Å². The molecule has 3 saturated heterocycles.